The highest BCUT2D eigenvalue weighted by Gasteiger charge is 2.32. The van der Waals surface area contributed by atoms with Crippen LogP contribution < -0.4 is 5.19 Å². The van der Waals surface area contributed by atoms with Gasteiger partial charge in [0.15, 0.2) is 0 Å². The molecule has 0 radical (unpaired) electrons. The molecule has 106 valence electrons. The monoisotopic (exact) mass is 287 g/mol. The van der Waals surface area contributed by atoms with Gasteiger partial charge in [0.1, 0.15) is 0 Å². The van der Waals surface area contributed by atoms with Crippen molar-refractivity contribution in [2.45, 2.75) is 37.7 Å². The predicted molar refractivity (Wildman–Crippen MR) is 84.9 cm³/mol. The molecule has 0 amide bonds. The number of hydrogen-bond donors (Lipinski definition) is 0. The van der Waals surface area contributed by atoms with Crippen LogP contribution in [0.2, 0.25) is 19.1 Å². The van der Waals surface area contributed by atoms with Crippen LogP contribution in [-0.2, 0) is 11.2 Å². The molecule has 1 aromatic rings. The third kappa shape index (κ3) is 3.73. The predicted octanol–water partition coefficient (Wildman–Crippen LogP) is 3.41. The molecule has 2 atom stereocenters. The smallest absolute Gasteiger partial charge is 0.0897 e. The van der Waals surface area contributed by atoms with Crippen molar-refractivity contribution in [2.24, 2.45) is 5.11 Å². The zero-order valence-corrected chi connectivity index (χ0v) is 13.1. The third-order valence-corrected chi connectivity index (χ3v) is 7.03. The van der Waals surface area contributed by atoms with Gasteiger partial charge in [-0.2, -0.15) is 0 Å². The van der Waals surface area contributed by atoms with Crippen LogP contribution in [0.1, 0.15) is 5.56 Å². The van der Waals surface area contributed by atoms with Crippen molar-refractivity contribution in [1.82, 2.24) is 0 Å². The molecular formula is C15H21N3OSi. The molecule has 4 nitrogen and oxygen atoms in total. The van der Waals surface area contributed by atoms with Crippen LogP contribution in [-0.4, -0.2) is 26.8 Å². The minimum atomic E-state index is -1.39. The summed E-state index contributed by atoms with van der Waals surface area (Å²) in [7, 11) is -1.39. The maximum atomic E-state index is 8.60. The zero-order valence-electron chi connectivity index (χ0n) is 12.1. The molecule has 1 aromatic carbocycles. The molecule has 1 saturated heterocycles. The number of benzene rings is 1. The second-order valence-corrected chi connectivity index (χ2v) is 10.7. The number of azide groups is 1. The molecule has 1 unspecified atom stereocenters. The molecule has 5 heteroatoms. The van der Waals surface area contributed by atoms with Crippen LogP contribution in [0.5, 0.6) is 0 Å². The summed E-state index contributed by atoms with van der Waals surface area (Å²) in [5, 5.41) is 5.27. The maximum absolute atomic E-state index is 8.60. The van der Waals surface area contributed by atoms with Crippen molar-refractivity contribution < 1.29 is 4.74 Å². The molecule has 2 rings (SSSR count). The Hall–Kier alpha value is -1.55. The van der Waals surface area contributed by atoms with Crippen molar-refractivity contribution in [3.05, 3.63) is 52.9 Å². The largest absolute Gasteiger partial charge is 0.373 e. The van der Waals surface area contributed by atoms with Crippen LogP contribution in [0.25, 0.3) is 10.4 Å². The molecular weight excluding hydrogens is 266 g/mol. The molecule has 20 heavy (non-hydrogen) atoms. The molecule has 0 bridgehead atoms. The Morgan fingerprint density at radius 3 is 2.65 bits per heavy atom. The summed E-state index contributed by atoms with van der Waals surface area (Å²) in [4.78, 5) is 2.92. The first-order valence-electron chi connectivity index (χ1n) is 6.93. The van der Waals surface area contributed by atoms with Gasteiger partial charge in [-0.3, -0.25) is 0 Å². The fraction of sp³-hybridized carbons (Fsp3) is 0.467. The molecule has 0 aliphatic carbocycles. The van der Waals surface area contributed by atoms with E-state index in [9.17, 15) is 0 Å². The molecule has 0 spiro atoms. The number of ether oxygens (including phenoxy) is 1. The SMILES string of the molecule is C=CC[Si](C)(C)c1ccc(C[C@H](N=[N+]=[N-])C2CO2)cc1. The third-order valence-electron chi connectivity index (χ3n) is 3.82. The Labute approximate surface area is 121 Å². The summed E-state index contributed by atoms with van der Waals surface area (Å²) in [5.74, 6) is 0. The van der Waals surface area contributed by atoms with Gasteiger partial charge in [-0.15, -0.1) is 6.58 Å². The molecule has 1 fully saturated rings. The van der Waals surface area contributed by atoms with E-state index in [-0.39, 0.29) is 12.1 Å². The summed E-state index contributed by atoms with van der Waals surface area (Å²) < 4.78 is 5.24. The van der Waals surface area contributed by atoms with E-state index < -0.39 is 8.07 Å². The Kier molecular flexibility index (Phi) is 4.65. The Bertz CT molecular complexity index is 516. The lowest BCUT2D eigenvalue weighted by atomic mass is 10.0. The van der Waals surface area contributed by atoms with E-state index in [2.05, 4.69) is 54.0 Å². The minimum Gasteiger partial charge on any atom is -0.373 e. The van der Waals surface area contributed by atoms with E-state index in [0.29, 0.717) is 6.61 Å². The second kappa shape index (κ2) is 6.26. The molecule has 0 aromatic heterocycles. The average molecular weight is 287 g/mol. The highest BCUT2D eigenvalue weighted by atomic mass is 28.3. The normalized spacial score (nSPS) is 19.0. The van der Waals surface area contributed by atoms with Crippen LogP contribution in [0.15, 0.2) is 42.0 Å². The van der Waals surface area contributed by atoms with E-state index in [1.807, 2.05) is 6.08 Å². The van der Waals surface area contributed by atoms with E-state index in [1.165, 1.54) is 10.8 Å². The number of allylic oxidation sites excluding steroid dienone is 1. The first kappa shape index (κ1) is 14.8. The van der Waals surface area contributed by atoms with E-state index in [1.54, 1.807) is 0 Å². The maximum Gasteiger partial charge on any atom is 0.0897 e. The number of hydrogen-bond acceptors (Lipinski definition) is 2. The van der Waals surface area contributed by atoms with Crippen LogP contribution >= 0.6 is 0 Å². The van der Waals surface area contributed by atoms with Gasteiger partial charge in [0, 0.05) is 4.91 Å². The van der Waals surface area contributed by atoms with Gasteiger partial charge >= 0.3 is 0 Å². The number of rotatable bonds is 7. The van der Waals surface area contributed by atoms with E-state index in [4.69, 9.17) is 10.3 Å². The summed E-state index contributed by atoms with van der Waals surface area (Å²) in [6.07, 6.45) is 2.87. The Balaban J connectivity index is 2.07. The van der Waals surface area contributed by atoms with Gasteiger partial charge in [-0.25, -0.2) is 0 Å². The van der Waals surface area contributed by atoms with Crippen molar-refractivity contribution >= 4 is 13.3 Å². The lowest BCUT2D eigenvalue weighted by molar-refractivity contribution is 0.371. The second-order valence-electron chi connectivity index (χ2n) is 5.92. The fourth-order valence-electron chi connectivity index (χ4n) is 2.40. The lowest BCUT2D eigenvalue weighted by Gasteiger charge is -2.21. The summed E-state index contributed by atoms with van der Waals surface area (Å²) in [6, 6.07) is 9.73. The van der Waals surface area contributed by atoms with Crippen molar-refractivity contribution in [2.75, 3.05) is 6.61 Å². The van der Waals surface area contributed by atoms with Gasteiger partial charge in [0.05, 0.1) is 26.8 Å². The van der Waals surface area contributed by atoms with Crippen LogP contribution in [0.4, 0.5) is 0 Å². The quantitative estimate of drug-likeness (QED) is 0.189. The first-order valence-corrected chi connectivity index (χ1v) is 10.1. The van der Waals surface area contributed by atoms with Gasteiger partial charge < -0.3 is 4.74 Å². The van der Waals surface area contributed by atoms with Crippen molar-refractivity contribution in [3.8, 4) is 0 Å². The lowest BCUT2D eigenvalue weighted by Crippen LogP contribution is -2.40. The highest BCUT2D eigenvalue weighted by molar-refractivity contribution is 6.90. The summed E-state index contributed by atoms with van der Waals surface area (Å²) in [5.41, 5.74) is 9.80. The minimum absolute atomic E-state index is 0.0794. The van der Waals surface area contributed by atoms with Crippen molar-refractivity contribution in [1.29, 1.82) is 0 Å². The van der Waals surface area contributed by atoms with Gasteiger partial charge in [-0.1, -0.05) is 53.7 Å². The molecule has 1 aliphatic heterocycles. The first-order chi connectivity index (χ1) is 9.56. The highest BCUT2D eigenvalue weighted by Crippen LogP contribution is 2.21. The molecule has 0 N–H and O–H groups in total. The number of nitrogens with zero attached hydrogens (tertiary/aromatic N) is 3. The Morgan fingerprint density at radius 2 is 2.15 bits per heavy atom. The average Bonchev–Trinajstić information content (AvgIpc) is 3.23. The Morgan fingerprint density at radius 1 is 1.50 bits per heavy atom. The molecule has 1 heterocycles. The van der Waals surface area contributed by atoms with Crippen LogP contribution in [0, 0.1) is 0 Å². The topological polar surface area (TPSA) is 61.3 Å². The fourth-order valence-corrected chi connectivity index (χ4v) is 4.43. The molecule has 0 saturated carbocycles. The van der Waals surface area contributed by atoms with E-state index >= 15 is 0 Å². The summed E-state index contributed by atoms with van der Waals surface area (Å²) >= 11 is 0. The van der Waals surface area contributed by atoms with Gasteiger partial charge in [0.25, 0.3) is 0 Å². The summed E-state index contributed by atoms with van der Waals surface area (Å²) in [6.45, 7) is 9.26. The zero-order chi connectivity index (χ0) is 14.6. The van der Waals surface area contributed by atoms with Crippen molar-refractivity contribution in [3.63, 3.8) is 0 Å². The van der Waals surface area contributed by atoms with Gasteiger partial charge in [0.2, 0.25) is 0 Å². The van der Waals surface area contributed by atoms with E-state index in [0.717, 1.165) is 12.5 Å². The van der Waals surface area contributed by atoms with Crippen LogP contribution in [0.3, 0.4) is 0 Å². The molecule has 1 aliphatic rings. The van der Waals surface area contributed by atoms with Gasteiger partial charge in [-0.05, 0) is 23.6 Å². The number of epoxide rings is 1. The standard InChI is InChI=1S/C15H21N3OSi/c1-4-9-20(2,3)13-7-5-12(6-8-13)10-14(17-18-16)15-11-19-15/h4-8,14-15H,1,9-11H2,2-3H3/t14-,15?/m0/s1.